The van der Waals surface area contributed by atoms with Crippen molar-refractivity contribution in [2.45, 2.75) is 17.0 Å². The van der Waals surface area contributed by atoms with Crippen LogP contribution in [0, 0.1) is 0 Å². The first-order chi connectivity index (χ1) is 9.19. The second-order valence-corrected chi connectivity index (χ2v) is 5.00. The summed E-state index contributed by atoms with van der Waals surface area (Å²) in [7, 11) is 0. The fraction of sp³-hybridized carbons (Fsp3) is 0.154. The molecule has 2 aromatic rings. The van der Waals surface area contributed by atoms with E-state index < -0.39 is 0 Å². The molecule has 0 aliphatic heterocycles. The average Bonchev–Trinajstić information content (AvgIpc) is 2.42. The lowest BCUT2D eigenvalue weighted by molar-refractivity contribution is 0.0525. The van der Waals surface area contributed by atoms with Crippen LogP contribution in [0.3, 0.4) is 0 Å². The first kappa shape index (κ1) is 13.8. The van der Waals surface area contributed by atoms with Crippen LogP contribution in [0.5, 0.6) is 0 Å². The van der Waals surface area contributed by atoms with Crippen molar-refractivity contribution in [1.29, 1.82) is 0 Å². The summed E-state index contributed by atoms with van der Waals surface area (Å²) in [5.74, 6) is -0.365. The molecule has 19 heavy (non-hydrogen) atoms. The van der Waals surface area contributed by atoms with Crippen LogP contribution in [-0.2, 0) is 4.74 Å². The quantitative estimate of drug-likeness (QED) is 0.808. The number of carbonyl (C=O) groups is 1. The van der Waals surface area contributed by atoms with E-state index in [2.05, 4.69) is 9.97 Å². The van der Waals surface area contributed by atoms with Crippen LogP contribution in [0.25, 0.3) is 0 Å². The highest BCUT2D eigenvalue weighted by atomic mass is 35.5. The third kappa shape index (κ3) is 3.94. The Morgan fingerprint density at radius 2 is 1.89 bits per heavy atom. The molecular weight excluding hydrogens is 284 g/mol. The number of halogens is 1. The smallest absolute Gasteiger partial charge is 0.339 e. The van der Waals surface area contributed by atoms with Crippen LogP contribution in [0.2, 0.25) is 5.02 Å². The molecule has 0 unspecified atom stereocenters. The molecule has 0 aromatic carbocycles. The molecule has 0 amide bonds. The highest BCUT2D eigenvalue weighted by Gasteiger charge is 2.07. The van der Waals surface area contributed by atoms with Crippen molar-refractivity contribution in [2.75, 3.05) is 6.61 Å². The van der Waals surface area contributed by atoms with Crippen LogP contribution >= 0.6 is 23.4 Å². The lowest BCUT2D eigenvalue weighted by Gasteiger charge is -2.03. The van der Waals surface area contributed by atoms with Gasteiger partial charge in [-0.15, -0.1) is 0 Å². The monoisotopic (exact) mass is 294 g/mol. The maximum absolute atomic E-state index is 11.5. The summed E-state index contributed by atoms with van der Waals surface area (Å²) in [6.45, 7) is 2.12. The lowest BCUT2D eigenvalue weighted by Crippen LogP contribution is -2.04. The normalized spacial score (nSPS) is 10.2. The molecule has 0 saturated carbocycles. The summed E-state index contributed by atoms with van der Waals surface area (Å²) < 4.78 is 4.89. The fourth-order valence-electron chi connectivity index (χ4n) is 1.31. The fourth-order valence-corrected chi connectivity index (χ4v) is 2.11. The molecule has 0 N–H and O–H groups in total. The summed E-state index contributed by atoms with van der Waals surface area (Å²) >= 11 is 7.16. The van der Waals surface area contributed by atoms with Crippen molar-refractivity contribution in [3.05, 3.63) is 47.2 Å². The number of pyridine rings is 2. The number of hydrogen-bond donors (Lipinski definition) is 0. The standard InChI is InChI=1S/C13H11ClN2O2S/c1-2-18-13(17)9-3-5-11(15-7-9)19-12-6-4-10(14)8-16-12/h3-8H,2H2,1H3. The van der Waals surface area contributed by atoms with E-state index in [-0.39, 0.29) is 5.97 Å². The van der Waals surface area contributed by atoms with E-state index in [9.17, 15) is 4.79 Å². The highest BCUT2D eigenvalue weighted by Crippen LogP contribution is 2.24. The van der Waals surface area contributed by atoms with Gasteiger partial charge in [-0.3, -0.25) is 0 Å². The van der Waals surface area contributed by atoms with E-state index in [4.69, 9.17) is 16.3 Å². The van der Waals surface area contributed by atoms with Gasteiger partial charge in [-0.25, -0.2) is 14.8 Å². The largest absolute Gasteiger partial charge is 0.462 e. The number of aromatic nitrogens is 2. The van der Waals surface area contributed by atoms with Crippen molar-refractivity contribution < 1.29 is 9.53 Å². The molecule has 4 nitrogen and oxygen atoms in total. The molecule has 0 radical (unpaired) electrons. The van der Waals surface area contributed by atoms with Gasteiger partial charge in [0.1, 0.15) is 10.1 Å². The van der Waals surface area contributed by atoms with Gasteiger partial charge < -0.3 is 4.74 Å². The van der Waals surface area contributed by atoms with Crippen molar-refractivity contribution in [1.82, 2.24) is 9.97 Å². The second kappa shape index (κ2) is 6.54. The molecule has 0 spiro atoms. The number of nitrogens with zero attached hydrogens (tertiary/aromatic N) is 2. The van der Waals surface area contributed by atoms with Gasteiger partial charge in [0, 0.05) is 12.4 Å². The molecule has 0 atom stereocenters. The number of carbonyl (C=O) groups excluding carboxylic acids is 1. The summed E-state index contributed by atoms with van der Waals surface area (Å²) in [5, 5.41) is 2.14. The van der Waals surface area contributed by atoms with Gasteiger partial charge in [0.2, 0.25) is 0 Å². The van der Waals surface area contributed by atoms with Gasteiger partial charge >= 0.3 is 5.97 Å². The van der Waals surface area contributed by atoms with Crippen molar-refractivity contribution in [3.63, 3.8) is 0 Å². The molecule has 98 valence electrons. The van der Waals surface area contributed by atoms with Crippen molar-refractivity contribution in [3.8, 4) is 0 Å². The first-order valence-corrected chi connectivity index (χ1v) is 6.81. The van der Waals surface area contributed by atoms with Gasteiger partial charge in [0.15, 0.2) is 0 Å². The van der Waals surface area contributed by atoms with Gasteiger partial charge in [-0.2, -0.15) is 0 Å². The second-order valence-electron chi connectivity index (χ2n) is 3.52. The summed E-state index contributed by atoms with van der Waals surface area (Å²) in [5.41, 5.74) is 0.440. The Morgan fingerprint density at radius 3 is 2.42 bits per heavy atom. The zero-order chi connectivity index (χ0) is 13.7. The predicted octanol–water partition coefficient (Wildman–Crippen LogP) is 3.46. The maximum Gasteiger partial charge on any atom is 0.339 e. The van der Waals surface area contributed by atoms with E-state index in [1.54, 1.807) is 31.3 Å². The topological polar surface area (TPSA) is 52.1 Å². The van der Waals surface area contributed by atoms with Crippen LogP contribution in [0.15, 0.2) is 46.7 Å². The number of rotatable bonds is 4. The number of hydrogen-bond acceptors (Lipinski definition) is 5. The first-order valence-electron chi connectivity index (χ1n) is 5.61. The Hall–Kier alpha value is -1.59. The Kier molecular flexibility index (Phi) is 4.76. The lowest BCUT2D eigenvalue weighted by atomic mass is 10.3. The molecule has 6 heteroatoms. The summed E-state index contributed by atoms with van der Waals surface area (Å²) in [6.07, 6.45) is 3.08. The third-order valence-electron chi connectivity index (χ3n) is 2.16. The van der Waals surface area contributed by atoms with Gasteiger partial charge in [-0.1, -0.05) is 23.4 Å². The minimum Gasteiger partial charge on any atom is -0.462 e. The van der Waals surface area contributed by atoms with E-state index in [1.165, 1.54) is 18.0 Å². The van der Waals surface area contributed by atoms with E-state index in [0.29, 0.717) is 17.2 Å². The Bertz CT molecular complexity index is 558. The molecule has 2 aromatic heterocycles. The van der Waals surface area contributed by atoms with Gasteiger partial charge in [0.05, 0.1) is 17.2 Å². The molecule has 2 heterocycles. The molecule has 0 aliphatic carbocycles. The summed E-state index contributed by atoms with van der Waals surface area (Å²) in [6, 6.07) is 7.02. The van der Waals surface area contributed by atoms with E-state index in [1.807, 2.05) is 6.07 Å². The predicted molar refractivity (Wildman–Crippen MR) is 73.6 cm³/mol. The number of esters is 1. The summed E-state index contributed by atoms with van der Waals surface area (Å²) in [4.78, 5) is 19.8. The molecule has 2 rings (SSSR count). The van der Waals surface area contributed by atoms with Crippen LogP contribution in [0.1, 0.15) is 17.3 Å². The van der Waals surface area contributed by atoms with Crippen molar-refractivity contribution >= 4 is 29.3 Å². The zero-order valence-corrected chi connectivity index (χ0v) is 11.7. The number of ether oxygens (including phenoxy) is 1. The van der Waals surface area contributed by atoms with Gasteiger partial charge in [0.25, 0.3) is 0 Å². The molecule has 0 bridgehead atoms. The maximum atomic E-state index is 11.5. The molecule has 0 saturated heterocycles. The molecule has 0 fully saturated rings. The SMILES string of the molecule is CCOC(=O)c1ccc(Sc2ccc(Cl)cn2)nc1. The van der Waals surface area contributed by atoms with Crippen molar-refractivity contribution in [2.24, 2.45) is 0 Å². The zero-order valence-electron chi connectivity index (χ0n) is 10.2. The van der Waals surface area contributed by atoms with E-state index in [0.717, 1.165) is 10.1 Å². The van der Waals surface area contributed by atoms with E-state index >= 15 is 0 Å². The van der Waals surface area contributed by atoms with Gasteiger partial charge in [-0.05, 0) is 31.2 Å². The third-order valence-corrected chi connectivity index (χ3v) is 3.28. The average molecular weight is 295 g/mol. The highest BCUT2D eigenvalue weighted by molar-refractivity contribution is 7.99. The Balaban J connectivity index is 2.06. The van der Waals surface area contributed by atoms with Crippen LogP contribution in [0.4, 0.5) is 0 Å². The Labute approximate surface area is 120 Å². The minimum atomic E-state index is -0.365. The van der Waals surface area contributed by atoms with Crippen LogP contribution in [-0.4, -0.2) is 22.5 Å². The molecule has 0 aliphatic rings. The Morgan fingerprint density at radius 1 is 1.21 bits per heavy atom. The van der Waals surface area contributed by atoms with Crippen LogP contribution < -0.4 is 0 Å². The molecular formula is C13H11ClN2O2S. The minimum absolute atomic E-state index is 0.351.